The standard InChI is InChI=1S/C34H28N6OS2/c1-42-33-29(22-35)31(26-11-5-10-25(20-26)24-8-3-2-4-9-24)32(43-33)30-14-15-37-34(39-30)38-27-12-6-13-28(21-27)41-19-7-17-40-18-16-36-23-40/h2-6,8-16,18,20-21,23H,7,17,19H2,1H3,(H,37,38,39). The Morgan fingerprint density at radius 2 is 1.79 bits per heavy atom. The van der Waals surface area contributed by atoms with Gasteiger partial charge in [-0.15, -0.1) is 23.1 Å². The van der Waals surface area contributed by atoms with Crippen LogP contribution in [0.25, 0.3) is 32.8 Å². The smallest absolute Gasteiger partial charge is 0.227 e. The van der Waals surface area contributed by atoms with E-state index in [4.69, 9.17) is 9.72 Å². The van der Waals surface area contributed by atoms with Crippen LogP contribution < -0.4 is 10.1 Å². The molecule has 0 amide bonds. The quantitative estimate of drug-likeness (QED) is 0.118. The van der Waals surface area contributed by atoms with Crippen molar-refractivity contribution in [3.05, 3.63) is 115 Å². The number of nitrogens with one attached hydrogen (secondary N) is 1. The highest BCUT2D eigenvalue weighted by Gasteiger charge is 2.22. The molecule has 0 fully saturated rings. The van der Waals surface area contributed by atoms with Crippen molar-refractivity contribution in [2.45, 2.75) is 17.2 Å². The van der Waals surface area contributed by atoms with Gasteiger partial charge >= 0.3 is 0 Å². The molecule has 43 heavy (non-hydrogen) atoms. The third-order valence-corrected chi connectivity index (χ3v) is 9.13. The van der Waals surface area contributed by atoms with Crippen LogP contribution >= 0.6 is 23.1 Å². The maximum Gasteiger partial charge on any atom is 0.227 e. The average molecular weight is 601 g/mol. The summed E-state index contributed by atoms with van der Waals surface area (Å²) in [4.78, 5) is 14.4. The zero-order valence-electron chi connectivity index (χ0n) is 23.5. The Morgan fingerprint density at radius 1 is 0.953 bits per heavy atom. The summed E-state index contributed by atoms with van der Waals surface area (Å²) in [5, 5.41) is 13.5. The van der Waals surface area contributed by atoms with Gasteiger partial charge in [-0.05, 0) is 53.6 Å². The van der Waals surface area contributed by atoms with E-state index >= 15 is 0 Å². The molecule has 0 aliphatic rings. The number of benzene rings is 3. The average Bonchev–Trinajstić information content (AvgIpc) is 3.72. The Balaban J connectivity index is 1.26. The Kier molecular flexibility index (Phi) is 8.78. The summed E-state index contributed by atoms with van der Waals surface area (Å²) in [5.74, 6) is 1.24. The maximum atomic E-state index is 10.2. The van der Waals surface area contributed by atoms with E-state index in [9.17, 15) is 5.26 Å². The number of thioether (sulfide) groups is 1. The number of rotatable bonds is 11. The number of thiophene rings is 1. The van der Waals surface area contributed by atoms with Crippen molar-refractivity contribution in [1.29, 1.82) is 5.26 Å². The molecule has 9 heteroatoms. The van der Waals surface area contributed by atoms with Crippen LogP contribution in [0.4, 0.5) is 11.6 Å². The Hall–Kier alpha value is -4.91. The van der Waals surface area contributed by atoms with Crippen molar-refractivity contribution in [3.8, 4) is 44.6 Å². The number of aryl methyl sites for hydroxylation is 1. The van der Waals surface area contributed by atoms with Crippen molar-refractivity contribution in [2.24, 2.45) is 0 Å². The van der Waals surface area contributed by atoms with Crippen molar-refractivity contribution in [1.82, 2.24) is 19.5 Å². The van der Waals surface area contributed by atoms with Crippen LogP contribution in [0.15, 0.2) is 114 Å². The Morgan fingerprint density at radius 3 is 2.60 bits per heavy atom. The SMILES string of the molecule is CSc1sc(-c2ccnc(Nc3cccc(OCCCn4ccnc4)c3)n2)c(-c2cccc(-c3ccccc3)c2)c1C#N. The van der Waals surface area contributed by atoms with Crippen LogP contribution in [0.1, 0.15) is 12.0 Å². The molecule has 6 rings (SSSR count). The van der Waals surface area contributed by atoms with Crippen LogP contribution in [-0.4, -0.2) is 32.4 Å². The van der Waals surface area contributed by atoms with Gasteiger partial charge in [0.05, 0.1) is 33.3 Å². The minimum absolute atomic E-state index is 0.469. The largest absolute Gasteiger partial charge is 0.493 e. The second-order valence-corrected chi connectivity index (χ2v) is 11.7. The monoisotopic (exact) mass is 600 g/mol. The van der Waals surface area contributed by atoms with Gasteiger partial charge in [0.15, 0.2) is 0 Å². The van der Waals surface area contributed by atoms with Crippen LogP contribution in [-0.2, 0) is 6.54 Å². The molecular formula is C34H28N6OS2. The fraction of sp³-hybridized carbons (Fsp3) is 0.118. The van der Waals surface area contributed by atoms with Gasteiger partial charge in [-0.25, -0.2) is 15.0 Å². The summed E-state index contributed by atoms with van der Waals surface area (Å²) in [7, 11) is 0. The highest BCUT2D eigenvalue weighted by molar-refractivity contribution is 8.00. The van der Waals surface area contributed by atoms with E-state index in [2.05, 4.69) is 51.7 Å². The molecule has 212 valence electrons. The number of aromatic nitrogens is 4. The van der Waals surface area contributed by atoms with Crippen molar-refractivity contribution in [3.63, 3.8) is 0 Å². The third kappa shape index (κ3) is 6.61. The van der Waals surface area contributed by atoms with Gasteiger partial charge in [0.2, 0.25) is 5.95 Å². The van der Waals surface area contributed by atoms with Gasteiger partial charge in [-0.1, -0.05) is 54.6 Å². The summed E-state index contributed by atoms with van der Waals surface area (Å²) in [5.41, 5.74) is 6.35. The highest BCUT2D eigenvalue weighted by atomic mass is 32.2. The number of nitrogens with zero attached hydrogens (tertiary/aromatic N) is 5. The van der Waals surface area contributed by atoms with E-state index in [0.717, 1.165) is 61.4 Å². The van der Waals surface area contributed by atoms with Gasteiger partial charge in [0, 0.05) is 42.5 Å². The van der Waals surface area contributed by atoms with Crippen LogP contribution in [0.5, 0.6) is 5.75 Å². The molecule has 0 spiro atoms. The third-order valence-electron chi connectivity index (χ3n) is 6.80. The van der Waals surface area contributed by atoms with E-state index in [1.165, 1.54) is 0 Å². The number of hydrogen-bond acceptors (Lipinski definition) is 8. The van der Waals surface area contributed by atoms with Gasteiger partial charge < -0.3 is 14.6 Å². The molecule has 3 aromatic heterocycles. The second-order valence-electron chi connectivity index (χ2n) is 9.65. The maximum absolute atomic E-state index is 10.2. The van der Waals surface area contributed by atoms with Gasteiger partial charge in [-0.2, -0.15) is 5.26 Å². The number of nitriles is 1. The summed E-state index contributed by atoms with van der Waals surface area (Å²) in [6.07, 6.45) is 10.2. The number of anilines is 2. The number of ether oxygens (including phenoxy) is 1. The zero-order chi connectivity index (χ0) is 29.4. The second kappa shape index (κ2) is 13.4. The van der Waals surface area contributed by atoms with Crippen molar-refractivity contribution >= 4 is 34.7 Å². The molecule has 0 bridgehead atoms. The van der Waals surface area contributed by atoms with Crippen LogP contribution in [0.2, 0.25) is 0 Å². The van der Waals surface area contributed by atoms with E-state index in [1.807, 2.05) is 77.9 Å². The number of hydrogen-bond donors (Lipinski definition) is 1. The lowest BCUT2D eigenvalue weighted by atomic mass is 9.96. The zero-order valence-corrected chi connectivity index (χ0v) is 25.1. The molecule has 3 heterocycles. The number of imidazole rings is 1. The lowest BCUT2D eigenvalue weighted by Crippen LogP contribution is -2.03. The molecule has 0 saturated heterocycles. The summed E-state index contributed by atoms with van der Waals surface area (Å²) < 4.78 is 8.97. The van der Waals surface area contributed by atoms with E-state index in [1.54, 1.807) is 35.5 Å². The summed E-state index contributed by atoms with van der Waals surface area (Å²) in [6, 6.07) is 30.7. The van der Waals surface area contributed by atoms with Gasteiger partial charge in [0.25, 0.3) is 0 Å². The Bertz CT molecular complexity index is 1860. The van der Waals surface area contributed by atoms with Crippen molar-refractivity contribution < 1.29 is 4.74 Å². The first-order valence-corrected chi connectivity index (χ1v) is 15.8. The molecular weight excluding hydrogens is 573 g/mol. The first-order chi connectivity index (χ1) is 21.2. The molecule has 7 nitrogen and oxygen atoms in total. The molecule has 0 unspecified atom stereocenters. The van der Waals surface area contributed by atoms with E-state index in [0.29, 0.717) is 18.1 Å². The first kappa shape index (κ1) is 28.2. The normalized spacial score (nSPS) is 10.8. The van der Waals surface area contributed by atoms with E-state index < -0.39 is 0 Å². The molecule has 0 saturated carbocycles. The molecule has 0 radical (unpaired) electrons. The summed E-state index contributed by atoms with van der Waals surface area (Å²) >= 11 is 3.16. The topological polar surface area (TPSA) is 88.7 Å². The lowest BCUT2D eigenvalue weighted by molar-refractivity contribution is 0.302. The molecule has 3 aromatic carbocycles. The predicted octanol–water partition coefficient (Wildman–Crippen LogP) is 8.54. The predicted molar refractivity (Wildman–Crippen MR) is 175 cm³/mol. The molecule has 0 aliphatic heterocycles. The van der Waals surface area contributed by atoms with Gasteiger partial charge in [-0.3, -0.25) is 0 Å². The van der Waals surface area contributed by atoms with Gasteiger partial charge in [0.1, 0.15) is 11.8 Å². The molecule has 0 atom stereocenters. The van der Waals surface area contributed by atoms with Crippen molar-refractivity contribution in [2.75, 3.05) is 18.2 Å². The fourth-order valence-electron chi connectivity index (χ4n) is 4.79. The minimum atomic E-state index is 0.469. The first-order valence-electron chi connectivity index (χ1n) is 13.8. The summed E-state index contributed by atoms with van der Waals surface area (Å²) in [6.45, 7) is 1.45. The molecule has 1 N–H and O–H groups in total. The Labute approximate surface area is 258 Å². The van der Waals surface area contributed by atoms with Crippen LogP contribution in [0, 0.1) is 11.3 Å². The highest BCUT2D eigenvalue weighted by Crippen LogP contribution is 2.46. The molecule has 0 aliphatic carbocycles. The lowest BCUT2D eigenvalue weighted by Gasteiger charge is -2.11. The van der Waals surface area contributed by atoms with E-state index in [-0.39, 0.29) is 0 Å². The van der Waals surface area contributed by atoms with Crippen LogP contribution in [0.3, 0.4) is 0 Å². The molecule has 6 aromatic rings. The minimum Gasteiger partial charge on any atom is -0.493 e. The fourth-order valence-corrected chi connectivity index (χ4v) is 6.70.